The monoisotopic (exact) mass is 325 g/mol. The van der Waals surface area contributed by atoms with Crippen molar-refractivity contribution in [3.63, 3.8) is 0 Å². The summed E-state index contributed by atoms with van der Waals surface area (Å²) in [7, 11) is 0. The number of nitrogens with zero attached hydrogens (tertiary/aromatic N) is 2. The fourth-order valence-corrected chi connectivity index (χ4v) is 1.93. The fraction of sp³-hybridized carbons (Fsp3) is 0. The van der Waals surface area contributed by atoms with Crippen LogP contribution in [0.1, 0.15) is 5.56 Å². The van der Waals surface area contributed by atoms with Crippen LogP contribution in [0.3, 0.4) is 0 Å². The number of hydrogen-bond donors (Lipinski definition) is 2. The van der Waals surface area contributed by atoms with Gasteiger partial charge in [-0.1, -0.05) is 5.16 Å². The molecule has 0 bridgehead atoms. The van der Waals surface area contributed by atoms with Crippen LogP contribution < -0.4 is 10.5 Å². The molecular formula is C12H9BrFN3O2. The number of pyridine rings is 1. The lowest BCUT2D eigenvalue weighted by atomic mass is 10.2. The summed E-state index contributed by atoms with van der Waals surface area (Å²) in [5, 5.41) is 11.4. The van der Waals surface area contributed by atoms with Crippen LogP contribution in [-0.2, 0) is 0 Å². The van der Waals surface area contributed by atoms with E-state index in [2.05, 4.69) is 26.1 Å². The minimum absolute atomic E-state index is 0.00867. The maximum absolute atomic E-state index is 14.1. The predicted molar refractivity (Wildman–Crippen MR) is 70.9 cm³/mol. The topological polar surface area (TPSA) is 80.7 Å². The van der Waals surface area contributed by atoms with Crippen molar-refractivity contribution in [1.29, 1.82) is 0 Å². The molecule has 0 spiro atoms. The Hall–Kier alpha value is -2.15. The highest BCUT2D eigenvalue weighted by Gasteiger charge is 2.15. The highest BCUT2D eigenvalue weighted by atomic mass is 79.9. The molecule has 0 aliphatic heterocycles. The largest absolute Gasteiger partial charge is 0.453 e. The van der Waals surface area contributed by atoms with Crippen LogP contribution in [0.15, 0.2) is 46.3 Å². The second-order valence-electron chi connectivity index (χ2n) is 3.52. The molecule has 19 heavy (non-hydrogen) atoms. The Morgan fingerprint density at radius 2 is 2.21 bits per heavy atom. The van der Waals surface area contributed by atoms with Gasteiger partial charge in [0.1, 0.15) is 5.75 Å². The van der Waals surface area contributed by atoms with Gasteiger partial charge in [-0.3, -0.25) is 4.98 Å². The first kappa shape index (κ1) is 13.3. The zero-order valence-corrected chi connectivity index (χ0v) is 11.1. The highest BCUT2D eigenvalue weighted by Crippen LogP contribution is 2.31. The Labute approximate surface area is 116 Å². The quantitative estimate of drug-likeness (QED) is 0.393. The van der Waals surface area contributed by atoms with E-state index in [0.717, 1.165) is 0 Å². The van der Waals surface area contributed by atoms with Crippen molar-refractivity contribution in [3.05, 3.63) is 52.5 Å². The zero-order chi connectivity index (χ0) is 13.8. The average Bonchev–Trinajstić information content (AvgIpc) is 2.44. The van der Waals surface area contributed by atoms with Crippen LogP contribution in [0.4, 0.5) is 4.39 Å². The smallest absolute Gasteiger partial charge is 0.180 e. The van der Waals surface area contributed by atoms with E-state index >= 15 is 0 Å². The summed E-state index contributed by atoms with van der Waals surface area (Å²) in [4.78, 5) is 3.86. The third-order valence-electron chi connectivity index (χ3n) is 2.29. The van der Waals surface area contributed by atoms with Crippen LogP contribution >= 0.6 is 15.9 Å². The van der Waals surface area contributed by atoms with Crippen molar-refractivity contribution in [2.75, 3.05) is 0 Å². The molecule has 1 aromatic carbocycles. The lowest BCUT2D eigenvalue weighted by Crippen LogP contribution is -2.14. The van der Waals surface area contributed by atoms with E-state index in [1.54, 1.807) is 18.3 Å². The molecule has 1 aromatic heterocycles. The number of ether oxygens (including phenoxy) is 1. The van der Waals surface area contributed by atoms with Crippen molar-refractivity contribution >= 4 is 21.8 Å². The fourth-order valence-electron chi connectivity index (χ4n) is 1.40. The van der Waals surface area contributed by atoms with E-state index in [0.29, 0.717) is 5.75 Å². The van der Waals surface area contributed by atoms with Gasteiger partial charge >= 0.3 is 0 Å². The second kappa shape index (κ2) is 5.66. The summed E-state index contributed by atoms with van der Waals surface area (Å²) in [5.41, 5.74) is 5.65. The number of rotatable bonds is 3. The maximum Gasteiger partial charge on any atom is 0.180 e. The second-order valence-corrected chi connectivity index (χ2v) is 4.31. The first-order chi connectivity index (χ1) is 9.13. The first-order valence-electron chi connectivity index (χ1n) is 5.17. The Kier molecular flexibility index (Phi) is 3.96. The first-order valence-corrected chi connectivity index (χ1v) is 5.96. The van der Waals surface area contributed by atoms with Gasteiger partial charge in [0.15, 0.2) is 17.4 Å². The molecule has 0 saturated heterocycles. The van der Waals surface area contributed by atoms with Crippen LogP contribution in [0.5, 0.6) is 11.5 Å². The molecular weight excluding hydrogens is 317 g/mol. The van der Waals surface area contributed by atoms with Gasteiger partial charge < -0.3 is 15.7 Å². The van der Waals surface area contributed by atoms with E-state index in [9.17, 15) is 4.39 Å². The van der Waals surface area contributed by atoms with Gasteiger partial charge in [0.2, 0.25) is 0 Å². The third-order valence-corrected chi connectivity index (χ3v) is 3.07. The summed E-state index contributed by atoms with van der Waals surface area (Å²) >= 11 is 3.04. The highest BCUT2D eigenvalue weighted by molar-refractivity contribution is 9.10. The Balaban J connectivity index is 2.37. The molecule has 5 nitrogen and oxygen atoms in total. The molecule has 0 unspecified atom stereocenters. The third kappa shape index (κ3) is 2.82. The Morgan fingerprint density at radius 3 is 2.84 bits per heavy atom. The Morgan fingerprint density at radius 1 is 1.42 bits per heavy atom. The molecule has 0 aliphatic rings. The summed E-state index contributed by atoms with van der Waals surface area (Å²) in [6.07, 6.45) is 3.05. The molecule has 0 atom stereocenters. The van der Waals surface area contributed by atoms with E-state index < -0.39 is 5.82 Å². The average molecular weight is 326 g/mol. The van der Waals surface area contributed by atoms with Crippen molar-refractivity contribution in [2.24, 2.45) is 10.9 Å². The van der Waals surface area contributed by atoms with Crippen molar-refractivity contribution < 1.29 is 14.3 Å². The summed E-state index contributed by atoms with van der Waals surface area (Å²) in [6, 6.07) is 6.19. The molecule has 0 amide bonds. The maximum atomic E-state index is 14.1. The van der Waals surface area contributed by atoms with E-state index in [1.807, 2.05) is 0 Å². The number of halogens is 2. The number of aromatic nitrogens is 1. The van der Waals surface area contributed by atoms with Crippen molar-refractivity contribution in [1.82, 2.24) is 4.98 Å². The predicted octanol–water partition coefficient (Wildman–Crippen LogP) is 2.87. The van der Waals surface area contributed by atoms with Crippen molar-refractivity contribution in [3.8, 4) is 11.5 Å². The molecule has 0 radical (unpaired) electrons. The van der Waals surface area contributed by atoms with Crippen LogP contribution in [0.25, 0.3) is 0 Å². The van der Waals surface area contributed by atoms with Crippen molar-refractivity contribution in [2.45, 2.75) is 0 Å². The molecule has 2 aromatic rings. The zero-order valence-electron chi connectivity index (χ0n) is 9.55. The summed E-state index contributed by atoms with van der Waals surface area (Å²) < 4.78 is 19.5. The minimum atomic E-state index is -0.645. The number of hydrogen-bond acceptors (Lipinski definition) is 4. The van der Waals surface area contributed by atoms with Gasteiger partial charge in [0, 0.05) is 11.8 Å². The molecule has 3 N–H and O–H groups in total. The van der Waals surface area contributed by atoms with E-state index in [1.165, 1.54) is 18.3 Å². The van der Waals surface area contributed by atoms with Gasteiger partial charge in [-0.2, -0.15) is 0 Å². The minimum Gasteiger partial charge on any atom is -0.453 e. The van der Waals surface area contributed by atoms with Gasteiger partial charge in [-0.05, 0) is 40.2 Å². The van der Waals surface area contributed by atoms with Gasteiger partial charge in [-0.25, -0.2) is 4.39 Å². The number of nitrogens with two attached hydrogens (primary N) is 1. The SMILES string of the molecule is N/C(=N/O)c1ccc(Oc2cccnc2)c(F)c1Br. The molecule has 1 heterocycles. The molecule has 98 valence electrons. The lowest BCUT2D eigenvalue weighted by molar-refractivity contribution is 0.318. The molecule has 0 aliphatic carbocycles. The summed E-state index contributed by atoms with van der Waals surface area (Å²) in [5.74, 6) is -0.425. The van der Waals surface area contributed by atoms with Gasteiger partial charge in [0.25, 0.3) is 0 Å². The van der Waals surface area contributed by atoms with Crippen LogP contribution in [0, 0.1) is 5.82 Å². The molecule has 0 fully saturated rings. The van der Waals surface area contributed by atoms with Crippen LogP contribution in [-0.4, -0.2) is 16.0 Å². The number of oxime groups is 1. The van der Waals surface area contributed by atoms with Gasteiger partial charge in [0.05, 0.1) is 10.7 Å². The number of amidine groups is 1. The molecule has 0 saturated carbocycles. The van der Waals surface area contributed by atoms with E-state index in [4.69, 9.17) is 15.7 Å². The van der Waals surface area contributed by atoms with Gasteiger partial charge in [-0.15, -0.1) is 0 Å². The Bertz CT molecular complexity index is 620. The lowest BCUT2D eigenvalue weighted by Gasteiger charge is -2.09. The van der Waals surface area contributed by atoms with Crippen LogP contribution in [0.2, 0.25) is 0 Å². The number of benzene rings is 1. The standard InChI is InChI=1S/C12H9BrFN3O2/c13-10-8(12(15)17-18)3-4-9(11(10)14)19-7-2-1-5-16-6-7/h1-6,18H,(H2,15,17). The van der Waals surface area contributed by atoms with E-state index in [-0.39, 0.29) is 21.6 Å². The normalized spacial score (nSPS) is 11.4. The molecule has 7 heteroatoms. The summed E-state index contributed by atoms with van der Waals surface area (Å²) in [6.45, 7) is 0. The molecule has 2 rings (SSSR count).